The van der Waals surface area contributed by atoms with Crippen LogP contribution in [-0.2, 0) is 0 Å². The highest BCUT2D eigenvalue weighted by atomic mass is 32.1. The molecule has 4 rings (SSSR count). The maximum Gasteiger partial charge on any atom is 0.264 e. The van der Waals surface area contributed by atoms with Crippen LogP contribution in [0.25, 0.3) is 5.65 Å². The summed E-state index contributed by atoms with van der Waals surface area (Å²) < 4.78 is 2.00. The number of hydrogen-bond acceptors (Lipinski definition) is 5. The monoisotopic (exact) mass is 341 g/mol. The summed E-state index contributed by atoms with van der Waals surface area (Å²) in [5.74, 6) is 1.00. The highest BCUT2D eigenvalue weighted by molar-refractivity contribution is 7.12. The van der Waals surface area contributed by atoms with Gasteiger partial charge in [-0.15, -0.1) is 21.5 Å². The lowest BCUT2D eigenvalue weighted by atomic mass is 10.2. The van der Waals surface area contributed by atoms with Gasteiger partial charge in [-0.05, 0) is 42.5 Å². The Hall–Kier alpha value is -2.41. The fourth-order valence-electron chi connectivity index (χ4n) is 3.10. The number of carbonyl (C=O) groups excluding carboxylic acids is 1. The summed E-state index contributed by atoms with van der Waals surface area (Å²) in [6.07, 6.45) is 2.91. The van der Waals surface area contributed by atoms with Crippen molar-refractivity contribution >= 4 is 28.8 Å². The van der Waals surface area contributed by atoms with Crippen LogP contribution in [0.15, 0.2) is 35.8 Å². The standard InChI is InChI=1S/C17H19N5OS/c1-13-6-12-24-15(13)16(23)20-7-4-8-21(11-10-20)17-19-18-14-5-2-3-9-22(14)17/h2-3,5-6,9,12H,4,7-8,10-11H2,1H3. The molecule has 1 amide bonds. The molecule has 0 unspecified atom stereocenters. The second kappa shape index (κ2) is 6.24. The zero-order valence-corrected chi connectivity index (χ0v) is 14.4. The molecule has 1 aliphatic heterocycles. The second-order valence-corrected chi connectivity index (χ2v) is 6.91. The molecule has 0 spiro atoms. The van der Waals surface area contributed by atoms with Crippen LogP contribution < -0.4 is 4.90 Å². The van der Waals surface area contributed by atoms with Gasteiger partial charge < -0.3 is 9.80 Å². The largest absolute Gasteiger partial charge is 0.339 e. The van der Waals surface area contributed by atoms with Crippen LogP contribution in [-0.4, -0.2) is 51.6 Å². The van der Waals surface area contributed by atoms with E-state index in [0.717, 1.165) is 48.1 Å². The van der Waals surface area contributed by atoms with Crippen LogP contribution in [0.4, 0.5) is 5.95 Å². The Bertz CT molecular complexity index is 871. The Kier molecular flexibility index (Phi) is 3.93. The van der Waals surface area contributed by atoms with E-state index >= 15 is 0 Å². The average Bonchev–Trinajstić information content (AvgIpc) is 3.14. The fourth-order valence-corrected chi connectivity index (χ4v) is 3.99. The minimum Gasteiger partial charge on any atom is -0.339 e. The minimum atomic E-state index is 0.149. The van der Waals surface area contributed by atoms with Crippen molar-refractivity contribution in [1.82, 2.24) is 19.5 Å². The fraction of sp³-hybridized carbons (Fsp3) is 0.353. The maximum atomic E-state index is 12.7. The highest BCUT2D eigenvalue weighted by Gasteiger charge is 2.24. The Morgan fingerprint density at radius 2 is 2.04 bits per heavy atom. The smallest absolute Gasteiger partial charge is 0.264 e. The third kappa shape index (κ3) is 2.65. The molecule has 0 aliphatic carbocycles. The zero-order valence-electron chi connectivity index (χ0n) is 13.6. The molecule has 1 aliphatic rings. The van der Waals surface area contributed by atoms with Crippen molar-refractivity contribution in [3.63, 3.8) is 0 Å². The highest BCUT2D eigenvalue weighted by Crippen LogP contribution is 2.20. The number of carbonyl (C=O) groups is 1. The molecule has 3 aromatic heterocycles. The molecule has 4 heterocycles. The molecular weight excluding hydrogens is 322 g/mol. The van der Waals surface area contributed by atoms with Crippen molar-refractivity contribution in [2.75, 3.05) is 31.1 Å². The van der Waals surface area contributed by atoms with E-state index in [1.54, 1.807) is 0 Å². The number of anilines is 1. The number of aryl methyl sites for hydroxylation is 1. The zero-order chi connectivity index (χ0) is 16.5. The second-order valence-electron chi connectivity index (χ2n) is 5.99. The number of fused-ring (bicyclic) bond motifs is 1. The summed E-state index contributed by atoms with van der Waals surface area (Å²) in [6.45, 7) is 5.13. The third-order valence-electron chi connectivity index (χ3n) is 4.42. The number of nitrogens with zero attached hydrogens (tertiary/aromatic N) is 5. The molecule has 0 N–H and O–H groups in total. The van der Waals surface area contributed by atoms with Gasteiger partial charge >= 0.3 is 0 Å². The summed E-state index contributed by atoms with van der Waals surface area (Å²) in [5.41, 5.74) is 1.91. The molecule has 3 aromatic rings. The molecule has 124 valence electrons. The molecule has 0 aromatic carbocycles. The van der Waals surface area contributed by atoms with Gasteiger partial charge in [0.1, 0.15) is 0 Å². The lowest BCUT2D eigenvalue weighted by Gasteiger charge is -2.22. The van der Waals surface area contributed by atoms with Gasteiger partial charge in [0.05, 0.1) is 4.88 Å². The molecule has 1 saturated heterocycles. The van der Waals surface area contributed by atoms with Crippen LogP contribution in [0.2, 0.25) is 0 Å². The summed E-state index contributed by atoms with van der Waals surface area (Å²) in [6, 6.07) is 7.89. The molecule has 24 heavy (non-hydrogen) atoms. The Morgan fingerprint density at radius 3 is 2.88 bits per heavy atom. The van der Waals surface area contributed by atoms with Gasteiger partial charge in [-0.3, -0.25) is 9.20 Å². The first-order valence-electron chi connectivity index (χ1n) is 8.12. The van der Waals surface area contributed by atoms with Crippen molar-refractivity contribution in [2.45, 2.75) is 13.3 Å². The van der Waals surface area contributed by atoms with Crippen LogP contribution in [0, 0.1) is 6.92 Å². The minimum absolute atomic E-state index is 0.149. The van der Waals surface area contributed by atoms with E-state index in [9.17, 15) is 4.79 Å². The molecule has 6 nitrogen and oxygen atoms in total. The lowest BCUT2D eigenvalue weighted by molar-refractivity contribution is 0.0771. The number of amides is 1. The third-order valence-corrected chi connectivity index (χ3v) is 5.42. The van der Waals surface area contributed by atoms with E-state index in [1.807, 2.05) is 52.1 Å². The number of hydrogen-bond donors (Lipinski definition) is 0. The summed E-state index contributed by atoms with van der Waals surface area (Å²) >= 11 is 1.53. The summed E-state index contributed by atoms with van der Waals surface area (Å²) in [7, 11) is 0. The van der Waals surface area contributed by atoms with Crippen molar-refractivity contribution in [1.29, 1.82) is 0 Å². The molecule has 0 saturated carbocycles. The predicted molar refractivity (Wildman–Crippen MR) is 94.8 cm³/mol. The molecule has 7 heteroatoms. The molecule has 0 atom stereocenters. The van der Waals surface area contributed by atoms with Gasteiger partial charge in [0, 0.05) is 32.4 Å². The molecular formula is C17H19N5OS. The Balaban J connectivity index is 1.52. The van der Waals surface area contributed by atoms with Gasteiger partial charge in [-0.25, -0.2) is 0 Å². The van der Waals surface area contributed by atoms with Crippen molar-refractivity contribution < 1.29 is 4.79 Å². The van der Waals surface area contributed by atoms with Crippen LogP contribution in [0.1, 0.15) is 21.7 Å². The van der Waals surface area contributed by atoms with Gasteiger partial charge in [0.15, 0.2) is 5.65 Å². The van der Waals surface area contributed by atoms with E-state index in [1.165, 1.54) is 11.3 Å². The number of thiophene rings is 1. The van der Waals surface area contributed by atoms with Crippen molar-refractivity contribution in [3.8, 4) is 0 Å². The Labute approximate surface area is 144 Å². The molecule has 0 radical (unpaired) electrons. The SMILES string of the molecule is Cc1ccsc1C(=O)N1CCCN(c2nnc3ccccn23)CC1. The van der Waals surface area contributed by atoms with Gasteiger partial charge in [0.25, 0.3) is 5.91 Å². The van der Waals surface area contributed by atoms with Crippen LogP contribution >= 0.6 is 11.3 Å². The van der Waals surface area contributed by atoms with Gasteiger partial charge in [-0.1, -0.05) is 6.07 Å². The Morgan fingerprint density at radius 1 is 1.12 bits per heavy atom. The number of pyridine rings is 1. The lowest BCUT2D eigenvalue weighted by Crippen LogP contribution is -2.35. The van der Waals surface area contributed by atoms with E-state index in [4.69, 9.17) is 0 Å². The summed E-state index contributed by atoms with van der Waals surface area (Å²) in [4.78, 5) is 17.8. The first-order valence-corrected chi connectivity index (χ1v) is 9.00. The van der Waals surface area contributed by atoms with Crippen molar-refractivity contribution in [3.05, 3.63) is 46.3 Å². The maximum absolute atomic E-state index is 12.7. The van der Waals surface area contributed by atoms with E-state index in [0.29, 0.717) is 6.54 Å². The summed E-state index contributed by atoms with van der Waals surface area (Å²) in [5, 5.41) is 10.5. The first-order chi connectivity index (χ1) is 11.7. The van der Waals surface area contributed by atoms with Crippen LogP contribution in [0.5, 0.6) is 0 Å². The number of rotatable bonds is 2. The molecule has 0 bridgehead atoms. The van der Waals surface area contributed by atoms with Crippen LogP contribution in [0.3, 0.4) is 0 Å². The molecule has 1 fully saturated rings. The number of aromatic nitrogens is 3. The van der Waals surface area contributed by atoms with E-state index in [-0.39, 0.29) is 5.91 Å². The normalized spacial score (nSPS) is 15.7. The topological polar surface area (TPSA) is 53.7 Å². The van der Waals surface area contributed by atoms with Crippen molar-refractivity contribution in [2.24, 2.45) is 0 Å². The quantitative estimate of drug-likeness (QED) is 0.718. The predicted octanol–water partition coefficient (Wildman–Crippen LogP) is 2.45. The average molecular weight is 341 g/mol. The van der Waals surface area contributed by atoms with Gasteiger partial charge in [-0.2, -0.15) is 0 Å². The van der Waals surface area contributed by atoms with E-state index < -0.39 is 0 Å². The van der Waals surface area contributed by atoms with E-state index in [2.05, 4.69) is 15.1 Å². The van der Waals surface area contributed by atoms with Gasteiger partial charge in [0.2, 0.25) is 5.95 Å². The first kappa shape index (κ1) is 15.1.